The molecule has 1 aromatic carbocycles. The third kappa shape index (κ3) is 5.74. The lowest BCUT2D eigenvalue weighted by atomic mass is 10.1. The number of amides is 1. The Kier molecular flexibility index (Phi) is 6.89. The van der Waals surface area contributed by atoms with Crippen LogP contribution in [0.1, 0.15) is 39.5 Å². The lowest BCUT2D eigenvalue weighted by Gasteiger charge is -2.30. The molecule has 0 aliphatic heterocycles. The summed E-state index contributed by atoms with van der Waals surface area (Å²) in [6.45, 7) is 3.75. The van der Waals surface area contributed by atoms with Gasteiger partial charge >= 0.3 is 0 Å². The highest BCUT2D eigenvalue weighted by Gasteiger charge is 2.33. The van der Waals surface area contributed by atoms with Gasteiger partial charge in [-0.2, -0.15) is 0 Å². The number of aldehydes is 1. The summed E-state index contributed by atoms with van der Waals surface area (Å²) in [7, 11) is 0. The van der Waals surface area contributed by atoms with E-state index < -0.39 is 15.7 Å². The van der Waals surface area contributed by atoms with Gasteiger partial charge in [0, 0.05) is 27.0 Å². The maximum Gasteiger partial charge on any atom is 0.279 e. The molecule has 1 fully saturated rings. The average Bonchev–Trinajstić information content (AvgIpc) is 3.05. The Labute approximate surface area is 155 Å². The summed E-state index contributed by atoms with van der Waals surface area (Å²) in [5, 5.41) is 13.7. The van der Waals surface area contributed by atoms with E-state index in [4.69, 9.17) is 0 Å². The van der Waals surface area contributed by atoms with Crippen LogP contribution in [0.25, 0.3) is 0 Å². The topological polar surface area (TPSA) is 89.3 Å². The highest BCUT2D eigenvalue weighted by molar-refractivity contribution is 8.14. The Bertz CT molecular complexity index is 628. The van der Waals surface area contributed by atoms with Crippen molar-refractivity contribution >= 4 is 40.7 Å². The molecular formula is C17H22N2O4S2. The van der Waals surface area contributed by atoms with Crippen LogP contribution in [-0.2, 0) is 4.79 Å². The van der Waals surface area contributed by atoms with Crippen molar-refractivity contribution in [2.24, 2.45) is 0 Å². The summed E-state index contributed by atoms with van der Waals surface area (Å²) in [5.41, 5.74) is 0.0235. The fourth-order valence-electron chi connectivity index (χ4n) is 2.69. The van der Waals surface area contributed by atoms with E-state index in [1.54, 1.807) is 12.1 Å². The van der Waals surface area contributed by atoms with Crippen molar-refractivity contribution in [3.05, 3.63) is 34.4 Å². The number of nitrogens with zero attached hydrogens (tertiary/aromatic N) is 1. The molecule has 6 nitrogen and oxygen atoms in total. The van der Waals surface area contributed by atoms with Gasteiger partial charge in [0.05, 0.1) is 11.0 Å². The molecule has 1 N–H and O–H groups in total. The summed E-state index contributed by atoms with van der Waals surface area (Å²) < 4.78 is -0.580. The SMILES string of the molecule is CC(C)(Sc1ccc([N+](=O)[O-])cc1)[C@@H](C=O)NC(=O)SC1CCCC1. The minimum Gasteiger partial charge on any atom is -0.336 e. The van der Waals surface area contributed by atoms with E-state index in [-0.39, 0.29) is 10.9 Å². The summed E-state index contributed by atoms with van der Waals surface area (Å²) >= 11 is 2.69. The average molecular weight is 383 g/mol. The number of nitrogens with one attached hydrogen (secondary N) is 1. The molecule has 2 rings (SSSR count). The van der Waals surface area contributed by atoms with Crippen LogP contribution in [0.5, 0.6) is 0 Å². The van der Waals surface area contributed by atoms with Gasteiger partial charge in [-0.05, 0) is 38.8 Å². The molecule has 25 heavy (non-hydrogen) atoms. The second-order valence-electron chi connectivity index (χ2n) is 6.53. The van der Waals surface area contributed by atoms with E-state index in [1.807, 2.05) is 13.8 Å². The minimum atomic E-state index is -0.644. The van der Waals surface area contributed by atoms with Gasteiger partial charge in [0.25, 0.3) is 10.9 Å². The van der Waals surface area contributed by atoms with Crippen LogP contribution in [0, 0.1) is 10.1 Å². The smallest absolute Gasteiger partial charge is 0.279 e. The third-order valence-corrected chi connectivity index (χ3v) is 6.59. The number of rotatable bonds is 7. The predicted octanol–water partition coefficient (Wildman–Crippen LogP) is 4.42. The van der Waals surface area contributed by atoms with E-state index in [1.165, 1.54) is 35.7 Å². The van der Waals surface area contributed by atoms with Gasteiger partial charge in [-0.3, -0.25) is 14.9 Å². The number of nitro benzene ring substituents is 1. The maximum absolute atomic E-state index is 12.2. The Morgan fingerprint density at radius 1 is 1.32 bits per heavy atom. The van der Waals surface area contributed by atoms with Crippen LogP contribution < -0.4 is 5.32 Å². The summed E-state index contributed by atoms with van der Waals surface area (Å²) in [6.07, 6.45) is 5.16. The van der Waals surface area contributed by atoms with Gasteiger partial charge in [-0.25, -0.2) is 0 Å². The monoisotopic (exact) mass is 382 g/mol. The first kappa shape index (κ1) is 19.8. The molecule has 8 heteroatoms. The number of benzene rings is 1. The predicted molar refractivity (Wildman–Crippen MR) is 101 cm³/mol. The van der Waals surface area contributed by atoms with Gasteiger partial charge < -0.3 is 10.1 Å². The molecular weight excluding hydrogens is 360 g/mol. The lowest BCUT2D eigenvalue weighted by Crippen LogP contribution is -2.47. The van der Waals surface area contributed by atoms with Crippen molar-refractivity contribution in [1.82, 2.24) is 5.32 Å². The van der Waals surface area contributed by atoms with E-state index in [9.17, 15) is 19.7 Å². The van der Waals surface area contributed by atoms with Crippen LogP contribution in [0.4, 0.5) is 10.5 Å². The Balaban J connectivity index is 1.97. The number of carbonyl (C=O) groups is 2. The quantitative estimate of drug-likeness (QED) is 0.325. The van der Waals surface area contributed by atoms with Crippen LogP contribution >= 0.6 is 23.5 Å². The van der Waals surface area contributed by atoms with Gasteiger partial charge in [0.2, 0.25) is 0 Å². The van der Waals surface area contributed by atoms with Gasteiger partial charge in [-0.15, -0.1) is 11.8 Å². The first-order chi connectivity index (χ1) is 11.8. The van der Waals surface area contributed by atoms with E-state index in [2.05, 4.69) is 5.32 Å². The van der Waals surface area contributed by atoms with Crippen LogP contribution in [0.2, 0.25) is 0 Å². The van der Waals surface area contributed by atoms with Crippen molar-refractivity contribution in [2.45, 2.75) is 60.5 Å². The highest BCUT2D eigenvalue weighted by Crippen LogP contribution is 2.36. The molecule has 136 valence electrons. The molecule has 1 aliphatic rings. The molecule has 0 aromatic heterocycles. The molecule has 0 radical (unpaired) electrons. The van der Waals surface area contributed by atoms with Crippen molar-refractivity contribution in [2.75, 3.05) is 0 Å². The second kappa shape index (κ2) is 8.71. The summed E-state index contributed by atoms with van der Waals surface area (Å²) in [5.74, 6) is 0. The number of non-ortho nitro benzene ring substituents is 1. The van der Waals surface area contributed by atoms with Crippen LogP contribution in [-0.4, -0.2) is 32.5 Å². The number of thioether (sulfide) groups is 2. The summed E-state index contributed by atoms with van der Waals surface area (Å²) in [6, 6.07) is 5.53. The maximum atomic E-state index is 12.2. The fraction of sp³-hybridized carbons (Fsp3) is 0.529. The number of hydrogen-bond donors (Lipinski definition) is 1. The molecule has 0 bridgehead atoms. The normalized spacial score (nSPS) is 16.4. The first-order valence-corrected chi connectivity index (χ1v) is 9.87. The number of carbonyl (C=O) groups excluding carboxylic acids is 2. The lowest BCUT2D eigenvalue weighted by molar-refractivity contribution is -0.384. The van der Waals surface area contributed by atoms with Crippen LogP contribution in [0.3, 0.4) is 0 Å². The van der Waals surface area contributed by atoms with Gasteiger partial charge in [-0.1, -0.05) is 24.6 Å². The zero-order valence-electron chi connectivity index (χ0n) is 14.3. The Morgan fingerprint density at radius 3 is 2.44 bits per heavy atom. The number of nitro groups is 1. The fourth-order valence-corrected chi connectivity index (χ4v) is 4.88. The van der Waals surface area contributed by atoms with E-state index >= 15 is 0 Å². The molecule has 0 unspecified atom stereocenters. The molecule has 1 saturated carbocycles. The van der Waals surface area contributed by atoms with Crippen molar-refractivity contribution in [3.63, 3.8) is 0 Å². The summed E-state index contributed by atoms with van der Waals surface area (Å²) in [4.78, 5) is 34.8. The standard InChI is InChI=1S/C17H22N2O4S2/c1-17(2,25-14-9-7-12(8-10-14)19(22)23)15(11-20)18-16(21)24-13-5-3-4-6-13/h7-11,13,15H,3-6H2,1-2H3,(H,18,21)/t15-/m1/s1. The van der Waals surface area contributed by atoms with Crippen molar-refractivity contribution < 1.29 is 14.5 Å². The minimum absolute atomic E-state index is 0.0235. The molecule has 0 spiro atoms. The Hall–Kier alpha value is -1.54. The van der Waals surface area contributed by atoms with Crippen molar-refractivity contribution in [1.29, 1.82) is 0 Å². The molecule has 0 saturated heterocycles. The van der Waals surface area contributed by atoms with Crippen molar-refractivity contribution in [3.8, 4) is 0 Å². The molecule has 1 aromatic rings. The Morgan fingerprint density at radius 2 is 1.92 bits per heavy atom. The van der Waals surface area contributed by atoms with Crippen LogP contribution in [0.15, 0.2) is 29.2 Å². The van der Waals surface area contributed by atoms with Gasteiger partial charge in [0.1, 0.15) is 6.29 Å². The van der Waals surface area contributed by atoms with E-state index in [0.29, 0.717) is 5.25 Å². The third-order valence-electron chi connectivity index (χ3n) is 4.16. The van der Waals surface area contributed by atoms with E-state index in [0.717, 1.165) is 36.9 Å². The first-order valence-electron chi connectivity index (χ1n) is 8.18. The largest absolute Gasteiger partial charge is 0.336 e. The zero-order valence-corrected chi connectivity index (χ0v) is 15.9. The number of hydrogen-bond acceptors (Lipinski definition) is 6. The van der Waals surface area contributed by atoms with Gasteiger partial charge in [0.15, 0.2) is 0 Å². The molecule has 1 atom stereocenters. The molecule has 0 heterocycles. The molecule has 1 aliphatic carbocycles. The highest BCUT2D eigenvalue weighted by atomic mass is 32.2. The second-order valence-corrected chi connectivity index (χ2v) is 9.53. The molecule has 1 amide bonds. The zero-order chi connectivity index (χ0) is 18.4.